The van der Waals surface area contributed by atoms with E-state index in [4.69, 9.17) is 21.1 Å². The number of hydrogen-bond donors (Lipinski definition) is 0. The fourth-order valence-electron chi connectivity index (χ4n) is 2.34. The predicted molar refractivity (Wildman–Crippen MR) is 92.0 cm³/mol. The Kier molecular flexibility index (Phi) is 6.14. The number of halogens is 1. The molecule has 2 heterocycles. The minimum absolute atomic E-state index is 0.0556. The van der Waals surface area contributed by atoms with Crippen molar-refractivity contribution < 1.29 is 19.1 Å². The van der Waals surface area contributed by atoms with E-state index in [9.17, 15) is 14.4 Å². The lowest BCUT2D eigenvalue weighted by atomic mass is 10.1. The van der Waals surface area contributed by atoms with E-state index in [1.807, 2.05) is 0 Å². The number of esters is 2. The molecule has 0 N–H and O–H groups in total. The minimum atomic E-state index is -0.745. The SMILES string of the molecule is CCOC(=O)Cc1cc(C(C)Cl)cn2c(=O)c(C(=O)OCC)cnc12. The number of ether oxygens (including phenoxy) is 2. The molecule has 1 unspecified atom stereocenters. The topological polar surface area (TPSA) is 87.0 Å². The lowest BCUT2D eigenvalue weighted by Crippen LogP contribution is -2.25. The monoisotopic (exact) mass is 366 g/mol. The summed E-state index contributed by atoms with van der Waals surface area (Å²) in [6.45, 7) is 5.50. The maximum absolute atomic E-state index is 12.6. The van der Waals surface area contributed by atoms with Gasteiger partial charge in [-0.05, 0) is 32.4 Å². The molecule has 0 aliphatic heterocycles. The van der Waals surface area contributed by atoms with Crippen LogP contribution < -0.4 is 5.56 Å². The quantitative estimate of drug-likeness (QED) is 0.575. The molecule has 7 nitrogen and oxygen atoms in total. The molecular formula is C17H19ClN2O5. The van der Waals surface area contributed by atoms with E-state index >= 15 is 0 Å². The Morgan fingerprint density at radius 1 is 1.28 bits per heavy atom. The van der Waals surface area contributed by atoms with Crippen molar-refractivity contribution in [3.05, 3.63) is 45.5 Å². The third-order valence-electron chi connectivity index (χ3n) is 3.49. The van der Waals surface area contributed by atoms with E-state index < -0.39 is 22.9 Å². The fraction of sp³-hybridized carbons (Fsp3) is 0.412. The molecule has 134 valence electrons. The number of fused-ring (bicyclic) bond motifs is 1. The number of pyridine rings is 1. The van der Waals surface area contributed by atoms with Crippen molar-refractivity contribution in [3.8, 4) is 0 Å². The summed E-state index contributed by atoms with van der Waals surface area (Å²) >= 11 is 6.13. The first kappa shape index (κ1) is 18.9. The Morgan fingerprint density at radius 2 is 1.96 bits per heavy atom. The van der Waals surface area contributed by atoms with Crippen molar-refractivity contribution in [2.75, 3.05) is 13.2 Å². The van der Waals surface area contributed by atoms with Crippen molar-refractivity contribution in [2.45, 2.75) is 32.6 Å². The van der Waals surface area contributed by atoms with Crippen LogP contribution in [0.4, 0.5) is 0 Å². The summed E-state index contributed by atoms with van der Waals surface area (Å²) in [6.07, 6.45) is 2.62. The summed E-state index contributed by atoms with van der Waals surface area (Å²) in [7, 11) is 0. The van der Waals surface area contributed by atoms with Crippen LogP contribution in [0.5, 0.6) is 0 Å². The van der Waals surface area contributed by atoms with Crippen LogP contribution in [0.1, 0.15) is 47.6 Å². The molecule has 0 aliphatic carbocycles. The normalized spacial score (nSPS) is 12.0. The molecule has 0 spiro atoms. The van der Waals surface area contributed by atoms with E-state index in [-0.39, 0.29) is 30.8 Å². The number of hydrogen-bond acceptors (Lipinski definition) is 6. The first-order valence-corrected chi connectivity index (χ1v) is 8.33. The number of aromatic nitrogens is 2. The van der Waals surface area contributed by atoms with Crippen molar-refractivity contribution in [1.82, 2.24) is 9.38 Å². The van der Waals surface area contributed by atoms with Gasteiger partial charge in [-0.15, -0.1) is 11.6 Å². The highest BCUT2D eigenvalue weighted by atomic mass is 35.5. The number of rotatable bonds is 6. The summed E-state index contributed by atoms with van der Waals surface area (Å²) in [4.78, 5) is 40.6. The van der Waals surface area contributed by atoms with Crippen LogP contribution in [-0.4, -0.2) is 34.5 Å². The highest BCUT2D eigenvalue weighted by Gasteiger charge is 2.18. The largest absolute Gasteiger partial charge is 0.466 e. The van der Waals surface area contributed by atoms with Gasteiger partial charge in [0, 0.05) is 18.0 Å². The zero-order chi connectivity index (χ0) is 18.6. The summed E-state index contributed by atoms with van der Waals surface area (Å²) in [5.41, 5.74) is 0.634. The van der Waals surface area contributed by atoms with Gasteiger partial charge >= 0.3 is 11.9 Å². The molecule has 0 fully saturated rings. The van der Waals surface area contributed by atoms with Gasteiger partial charge in [-0.25, -0.2) is 9.78 Å². The third-order valence-corrected chi connectivity index (χ3v) is 3.75. The third kappa shape index (κ3) is 4.17. The predicted octanol–water partition coefficient (Wildman–Crippen LogP) is 2.28. The summed E-state index contributed by atoms with van der Waals surface area (Å²) in [6, 6.07) is 1.71. The van der Waals surface area contributed by atoms with Gasteiger partial charge in [-0.2, -0.15) is 0 Å². The highest BCUT2D eigenvalue weighted by Crippen LogP contribution is 2.22. The summed E-state index contributed by atoms with van der Waals surface area (Å²) in [5, 5.41) is -0.400. The lowest BCUT2D eigenvalue weighted by Gasteiger charge is -2.12. The van der Waals surface area contributed by atoms with Gasteiger partial charge in [0.2, 0.25) is 0 Å². The lowest BCUT2D eigenvalue weighted by molar-refractivity contribution is -0.142. The van der Waals surface area contributed by atoms with Crippen molar-refractivity contribution in [3.63, 3.8) is 0 Å². The second-order valence-corrected chi connectivity index (χ2v) is 5.94. The van der Waals surface area contributed by atoms with Crippen LogP contribution in [0.15, 0.2) is 23.3 Å². The number of carbonyl (C=O) groups is 2. The second kappa shape index (κ2) is 8.11. The molecule has 2 rings (SSSR count). The van der Waals surface area contributed by atoms with E-state index in [1.54, 1.807) is 26.8 Å². The standard InChI is InChI=1S/C17H19ClN2O5/c1-4-24-14(21)7-11-6-12(10(3)18)9-20-15(11)19-8-13(16(20)22)17(23)25-5-2/h6,8-10H,4-5,7H2,1-3H3. The first-order valence-electron chi connectivity index (χ1n) is 7.90. The minimum Gasteiger partial charge on any atom is -0.466 e. The zero-order valence-electron chi connectivity index (χ0n) is 14.2. The number of nitrogens with zero attached hydrogens (tertiary/aromatic N) is 2. The van der Waals surface area contributed by atoms with E-state index in [2.05, 4.69) is 4.98 Å². The van der Waals surface area contributed by atoms with Crippen LogP contribution >= 0.6 is 11.6 Å². The molecule has 2 aromatic rings. The number of alkyl halides is 1. The molecule has 25 heavy (non-hydrogen) atoms. The molecule has 0 amide bonds. The van der Waals surface area contributed by atoms with Crippen LogP contribution in [-0.2, 0) is 20.7 Å². The Balaban J connectivity index is 2.65. The molecule has 8 heteroatoms. The molecular weight excluding hydrogens is 348 g/mol. The van der Waals surface area contributed by atoms with Gasteiger partial charge in [0.1, 0.15) is 11.2 Å². The Morgan fingerprint density at radius 3 is 2.56 bits per heavy atom. The molecule has 1 atom stereocenters. The highest BCUT2D eigenvalue weighted by molar-refractivity contribution is 6.20. The second-order valence-electron chi connectivity index (χ2n) is 5.29. The van der Waals surface area contributed by atoms with Crippen molar-refractivity contribution >= 4 is 29.2 Å². The average molecular weight is 367 g/mol. The van der Waals surface area contributed by atoms with Crippen LogP contribution in [0.3, 0.4) is 0 Å². The molecule has 0 aliphatic rings. The summed E-state index contributed by atoms with van der Waals surface area (Å²) in [5.74, 6) is -1.18. The van der Waals surface area contributed by atoms with Crippen molar-refractivity contribution in [2.24, 2.45) is 0 Å². The Bertz CT molecular complexity index is 860. The van der Waals surface area contributed by atoms with E-state index in [0.717, 1.165) is 6.20 Å². The molecule has 0 radical (unpaired) electrons. The molecule has 2 aromatic heterocycles. The molecule has 0 saturated carbocycles. The van der Waals surface area contributed by atoms with Crippen LogP contribution in [0.25, 0.3) is 5.65 Å². The molecule has 0 bridgehead atoms. The maximum atomic E-state index is 12.6. The van der Waals surface area contributed by atoms with Crippen LogP contribution in [0.2, 0.25) is 0 Å². The smallest absolute Gasteiger partial charge is 0.345 e. The fourth-order valence-corrected chi connectivity index (χ4v) is 2.46. The summed E-state index contributed by atoms with van der Waals surface area (Å²) < 4.78 is 11.0. The maximum Gasteiger partial charge on any atom is 0.345 e. The van der Waals surface area contributed by atoms with Crippen LogP contribution in [0, 0.1) is 0 Å². The van der Waals surface area contributed by atoms with Crippen molar-refractivity contribution in [1.29, 1.82) is 0 Å². The van der Waals surface area contributed by atoms with Gasteiger partial charge in [0.15, 0.2) is 0 Å². The first-order chi connectivity index (χ1) is 11.9. The van der Waals surface area contributed by atoms with Gasteiger partial charge in [-0.1, -0.05) is 0 Å². The van der Waals surface area contributed by atoms with E-state index in [0.29, 0.717) is 11.1 Å². The molecule has 0 aromatic carbocycles. The van der Waals surface area contributed by atoms with E-state index in [1.165, 1.54) is 10.6 Å². The Hall–Kier alpha value is -2.41. The number of carbonyl (C=O) groups excluding carboxylic acids is 2. The molecule has 0 saturated heterocycles. The van der Waals surface area contributed by atoms with Gasteiger partial charge in [-0.3, -0.25) is 14.0 Å². The van der Waals surface area contributed by atoms with Gasteiger partial charge < -0.3 is 9.47 Å². The van der Waals surface area contributed by atoms with Gasteiger partial charge in [0.05, 0.1) is 25.0 Å². The zero-order valence-corrected chi connectivity index (χ0v) is 15.0. The average Bonchev–Trinajstić information content (AvgIpc) is 2.55. The Labute approximate surface area is 149 Å². The van der Waals surface area contributed by atoms with Gasteiger partial charge in [0.25, 0.3) is 5.56 Å².